The molecule has 142 valence electrons. The summed E-state index contributed by atoms with van der Waals surface area (Å²) in [5, 5.41) is 9.61. The van der Waals surface area contributed by atoms with Gasteiger partial charge in [0.2, 0.25) is 0 Å². The second kappa shape index (κ2) is 7.99. The molecule has 1 aliphatic heterocycles. The fraction of sp³-hybridized carbons (Fsp3) is 0.125. The number of nitrogens with zero attached hydrogens (tertiary/aromatic N) is 2. The molecule has 0 saturated carbocycles. The highest BCUT2D eigenvalue weighted by atomic mass is 16.5. The lowest BCUT2D eigenvalue weighted by Crippen LogP contribution is -2.40. The van der Waals surface area contributed by atoms with E-state index in [4.69, 9.17) is 4.74 Å². The van der Waals surface area contributed by atoms with Crippen LogP contribution in [0.25, 0.3) is 0 Å². The molecule has 4 rings (SSSR count). The van der Waals surface area contributed by atoms with E-state index in [-0.39, 0.29) is 6.42 Å². The lowest BCUT2D eigenvalue weighted by atomic mass is 10.1. The van der Waals surface area contributed by atoms with Gasteiger partial charge in [-0.15, -0.1) is 0 Å². The van der Waals surface area contributed by atoms with Crippen LogP contribution in [0.5, 0.6) is 5.75 Å². The molecule has 0 spiro atoms. The molecule has 0 fully saturated rings. The Morgan fingerprint density at radius 3 is 1.97 bits per heavy atom. The standard InChI is InChI=1S/C24H18N2O3/c25-15-19(26-23(27)21-8-4-5-9-22(21)24(26)28)14-17-10-12-20(13-11-17)29-16-18-6-2-1-3-7-18/h1-13,19H,14,16H2. The molecule has 5 nitrogen and oxygen atoms in total. The number of nitriles is 1. The van der Waals surface area contributed by atoms with Gasteiger partial charge in [0.15, 0.2) is 0 Å². The van der Waals surface area contributed by atoms with Gasteiger partial charge in [0.1, 0.15) is 18.4 Å². The third kappa shape index (κ3) is 3.74. The van der Waals surface area contributed by atoms with Gasteiger partial charge in [-0.05, 0) is 35.4 Å². The highest BCUT2D eigenvalue weighted by molar-refractivity contribution is 6.21. The zero-order valence-corrected chi connectivity index (χ0v) is 15.6. The van der Waals surface area contributed by atoms with Gasteiger partial charge >= 0.3 is 0 Å². The number of hydrogen-bond acceptors (Lipinski definition) is 4. The van der Waals surface area contributed by atoms with E-state index in [1.165, 1.54) is 0 Å². The first-order chi connectivity index (χ1) is 14.2. The number of ether oxygens (including phenoxy) is 1. The number of rotatable bonds is 6. The Bertz CT molecular complexity index is 1050. The zero-order chi connectivity index (χ0) is 20.2. The molecule has 1 heterocycles. The minimum atomic E-state index is -0.863. The number of carbonyl (C=O) groups excluding carboxylic acids is 2. The number of carbonyl (C=O) groups is 2. The third-order valence-corrected chi connectivity index (χ3v) is 4.89. The van der Waals surface area contributed by atoms with Gasteiger partial charge in [-0.1, -0.05) is 54.6 Å². The maximum absolute atomic E-state index is 12.6. The van der Waals surface area contributed by atoms with Gasteiger partial charge in [0.25, 0.3) is 11.8 Å². The average Bonchev–Trinajstić information content (AvgIpc) is 3.03. The SMILES string of the molecule is N#CC(Cc1ccc(OCc2ccccc2)cc1)N1C(=O)c2ccccc2C1=O. The molecule has 0 aliphatic carbocycles. The van der Waals surface area contributed by atoms with Crippen LogP contribution in [0.4, 0.5) is 0 Å². The van der Waals surface area contributed by atoms with E-state index in [9.17, 15) is 14.9 Å². The van der Waals surface area contributed by atoms with Crippen molar-refractivity contribution in [2.75, 3.05) is 0 Å². The molecule has 29 heavy (non-hydrogen) atoms. The molecular weight excluding hydrogens is 364 g/mol. The molecule has 5 heteroatoms. The van der Waals surface area contributed by atoms with Crippen LogP contribution in [0.1, 0.15) is 31.8 Å². The molecule has 1 unspecified atom stereocenters. The van der Waals surface area contributed by atoms with Gasteiger partial charge in [-0.3, -0.25) is 14.5 Å². The smallest absolute Gasteiger partial charge is 0.262 e. The molecule has 0 N–H and O–H groups in total. The molecule has 3 aromatic carbocycles. The summed E-state index contributed by atoms with van der Waals surface area (Å²) in [5.74, 6) is -0.119. The molecule has 0 bridgehead atoms. The number of fused-ring (bicyclic) bond motifs is 1. The van der Waals surface area contributed by atoms with Crippen molar-refractivity contribution in [2.45, 2.75) is 19.1 Å². The van der Waals surface area contributed by atoms with E-state index in [1.807, 2.05) is 54.6 Å². The Morgan fingerprint density at radius 2 is 1.38 bits per heavy atom. The zero-order valence-electron chi connectivity index (χ0n) is 15.6. The van der Waals surface area contributed by atoms with Crippen molar-refractivity contribution in [3.8, 4) is 11.8 Å². The summed E-state index contributed by atoms with van der Waals surface area (Å²) in [7, 11) is 0. The quantitative estimate of drug-likeness (QED) is 0.604. The van der Waals surface area contributed by atoms with E-state index in [2.05, 4.69) is 6.07 Å². The monoisotopic (exact) mass is 382 g/mol. The average molecular weight is 382 g/mol. The Labute approximate surface area is 168 Å². The maximum Gasteiger partial charge on any atom is 0.262 e. The second-order valence-corrected chi connectivity index (χ2v) is 6.79. The van der Waals surface area contributed by atoms with E-state index >= 15 is 0 Å². The van der Waals surface area contributed by atoms with Crippen LogP contribution in [0.2, 0.25) is 0 Å². The number of amides is 2. The summed E-state index contributed by atoms with van der Waals surface area (Å²) in [4.78, 5) is 26.3. The lowest BCUT2D eigenvalue weighted by Gasteiger charge is -2.20. The van der Waals surface area contributed by atoms with E-state index < -0.39 is 17.9 Å². The summed E-state index contributed by atoms with van der Waals surface area (Å²) < 4.78 is 5.77. The van der Waals surface area contributed by atoms with E-state index in [1.54, 1.807) is 24.3 Å². The molecule has 0 aromatic heterocycles. The Kier molecular flexibility index (Phi) is 5.08. The van der Waals surface area contributed by atoms with Crippen molar-refractivity contribution >= 4 is 11.8 Å². The van der Waals surface area contributed by atoms with Crippen molar-refractivity contribution < 1.29 is 14.3 Å². The van der Waals surface area contributed by atoms with Gasteiger partial charge < -0.3 is 4.74 Å². The van der Waals surface area contributed by atoms with Crippen LogP contribution < -0.4 is 4.74 Å². The fourth-order valence-corrected chi connectivity index (χ4v) is 3.37. The lowest BCUT2D eigenvalue weighted by molar-refractivity contribution is 0.0619. The minimum Gasteiger partial charge on any atom is -0.489 e. The molecular formula is C24H18N2O3. The van der Waals surface area contributed by atoms with Crippen molar-refractivity contribution in [2.24, 2.45) is 0 Å². The summed E-state index contributed by atoms with van der Waals surface area (Å²) >= 11 is 0. The van der Waals surface area contributed by atoms with Crippen LogP contribution in [0.3, 0.4) is 0 Å². The molecule has 2 amide bonds. The fourth-order valence-electron chi connectivity index (χ4n) is 3.37. The number of imide groups is 1. The van der Waals surface area contributed by atoms with Gasteiger partial charge in [-0.2, -0.15) is 5.26 Å². The highest BCUT2D eigenvalue weighted by Crippen LogP contribution is 2.26. The van der Waals surface area contributed by atoms with Gasteiger partial charge in [-0.25, -0.2) is 0 Å². The van der Waals surface area contributed by atoms with Crippen molar-refractivity contribution in [1.29, 1.82) is 5.26 Å². The Balaban J connectivity index is 1.44. The molecule has 1 atom stereocenters. The predicted octanol–water partition coefficient (Wildman–Crippen LogP) is 4.00. The van der Waals surface area contributed by atoms with Crippen LogP contribution in [0.15, 0.2) is 78.9 Å². The first-order valence-corrected chi connectivity index (χ1v) is 9.29. The van der Waals surface area contributed by atoms with Crippen molar-refractivity contribution in [3.63, 3.8) is 0 Å². The number of benzene rings is 3. The second-order valence-electron chi connectivity index (χ2n) is 6.79. The predicted molar refractivity (Wildman–Crippen MR) is 107 cm³/mol. The normalized spacial score (nSPS) is 13.7. The van der Waals surface area contributed by atoms with Crippen LogP contribution in [-0.2, 0) is 13.0 Å². The number of hydrogen-bond donors (Lipinski definition) is 0. The largest absolute Gasteiger partial charge is 0.489 e. The topological polar surface area (TPSA) is 70.4 Å². The Morgan fingerprint density at radius 1 is 0.793 bits per heavy atom. The maximum atomic E-state index is 12.6. The van der Waals surface area contributed by atoms with Crippen molar-refractivity contribution in [1.82, 2.24) is 4.90 Å². The summed E-state index contributed by atoms with van der Waals surface area (Å²) in [6, 6.07) is 25.1. The highest BCUT2D eigenvalue weighted by Gasteiger charge is 2.39. The minimum absolute atomic E-state index is 0.265. The van der Waals surface area contributed by atoms with Crippen molar-refractivity contribution in [3.05, 3.63) is 101 Å². The van der Waals surface area contributed by atoms with Crippen LogP contribution >= 0.6 is 0 Å². The van der Waals surface area contributed by atoms with E-state index in [0.29, 0.717) is 23.5 Å². The molecule has 3 aromatic rings. The molecule has 0 saturated heterocycles. The van der Waals surface area contributed by atoms with Crippen LogP contribution in [-0.4, -0.2) is 22.8 Å². The summed E-state index contributed by atoms with van der Waals surface area (Å²) in [6.07, 6.45) is 0.265. The molecule has 1 aliphatic rings. The van der Waals surface area contributed by atoms with Gasteiger partial charge in [0, 0.05) is 6.42 Å². The summed E-state index contributed by atoms with van der Waals surface area (Å²) in [5.41, 5.74) is 2.62. The Hall–Kier alpha value is -3.91. The van der Waals surface area contributed by atoms with E-state index in [0.717, 1.165) is 16.0 Å². The van der Waals surface area contributed by atoms with Gasteiger partial charge in [0.05, 0.1) is 17.2 Å². The summed E-state index contributed by atoms with van der Waals surface area (Å²) in [6.45, 7) is 0.468. The first-order valence-electron chi connectivity index (χ1n) is 9.29. The first kappa shape index (κ1) is 18.5. The third-order valence-electron chi connectivity index (χ3n) is 4.89. The van der Waals surface area contributed by atoms with Crippen LogP contribution in [0, 0.1) is 11.3 Å². The molecule has 0 radical (unpaired) electrons.